The summed E-state index contributed by atoms with van der Waals surface area (Å²) >= 11 is 0. The Labute approximate surface area is 148 Å². The molecule has 2 aromatic carbocycles. The van der Waals surface area contributed by atoms with E-state index in [1.54, 1.807) is 11.9 Å². The van der Waals surface area contributed by atoms with Crippen molar-refractivity contribution in [2.24, 2.45) is 0 Å². The topological polar surface area (TPSA) is 52.0 Å². The Hall–Kier alpha value is -2.66. The highest BCUT2D eigenvalue weighted by atomic mass is 16.5. The number of nitrogens with zero attached hydrogens (tertiary/aromatic N) is 3. The molecule has 1 heterocycles. The molecule has 1 N–H and O–H groups in total. The van der Waals surface area contributed by atoms with Gasteiger partial charge < -0.3 is 10.1 Å². The van der Waals surface area contributed by atoms with Crippen molar-refractivity contribution in [3.8, 4) is 17.0 Å². The molecule has 0 fully saturated rings. The lowest BCUT2D eigenvalue weighted by Crippen LogP contribution is -2.14. The first-order valence-corrected chi connectivity index (χ1v) is 8.63. The maximum atomic E-state index is 5.19. The zero-order valence-corrected chi connectivity index (χ0v) is 14.8. The summed E-state index contributed by atoms with van der Waals surface area (Å²) in [5.41, 5.74) is 4.25. The van der Waals surface area contributed by atoms with E-state index in [2.05, 4.69) is 46.7 Å². The van der Waals surface area contributed by atoms with Crippen LogP contribution < -0.4 is 10.1 Å². The molecule has 0 spiro atoms. The fourth-order valence-corrected chi connectivity index (χ4v) is 2.69. The van der Waals surface area contributed by atoms with Gasteiger partial charge in [0.15, 0.2) is 0 Å². The molecule has 3 aromatic rings. The van der Waals surface area contributed by atoms with Crippen LogP contribution in [0.3, 0.4) is 0 Å². The Morgan fingerprint density at radius 3 is 2.40 bits per heavy atom. The normalized spacial score (nSPS) is 10.8. The van der Waals surface area contributed by atoms with Crippen LogP contribution in [0.25, 0.3) is 11.3 Å². The van der Waals surface area contributed by atoms with E-state index >= 15 is 0 Å². The summed E-state index contributed by atoms with van der Waals surface area (Å²) in [4.78, 5) is 1.80. The maximum Gasteiger partial charge on any atom is 0.118 e. The molecule has 0 bridgehead atoms. The summed E-state index contributed by atoms with van der Waals surface area (Å²) in [7, 11) is 1.68. The number of methoxy groups -OCH3 is 1. The third-order valence-corrected chi connectivity index (χ3v) is 3.98. The molecule has 3 rings (SSSR count). The lowest BCUT2D eigenvalue weighted by Gasteiger charge is -2.06. The molecule has 0 aliphatic rings. The van der Waals surface area contributed by atoms with Gasteiger partial charge in [0.2, 0.25) is 0 Å². The molecular weight excluding hydrogens is 312 g/mol. The van der Waals surface area contributed by atoms with Gasteiger partial charge in [-0.15, -0.1) is 0 Å². The number of nitrogens with one attached hydrogen (secondary N) is 1. The maximum absolute atomic E-state index is 5.19. The molecule has 0 amide bonds. The number of benzene rings is 2. The summed E-state index contributed by atoms with van der Waals surface area (Å²) in [6.45, 7) is 4.42. The molecule has 130 valence electrons. The van der Waals surface area contributed by atoms with E-state index < -0.39 is 0 Å². The van der Waals surface area contributed by atoms with Crippen molar-refractivity contribution in [1.29, 1.82) is 0 Å². The fraction of sp³-hybridized carbons (Fsp3) is 0.300. The van der Waals surface area contributed by atoms with E-state index in [9.17, 15) is 0 Å². The van der Waals surface area contributed by atoms with E-state index in [-0.39, 0.29) is 0 Å². The van der Waals surface area contributed by atoms with Crippen molar-refractivity contribution < 1.29 is 4.74 Å². The van der Waals surface area contributed by atoms with Crippen LogP contribution in [0.1, 0.15) is 24.6 Å². The largest absolute Gasteiger partial charge is 0.497 e. The van der Waals surface area contributed by atoms with Crippen molar-refractivity contribution in [2.45, 2.75) is 33.0 Å². The second-order valence-corrected chi connectivity index (χ2v) is 5.91. The van der Waals surface area contributed by atoms with Crippen molar-refractivity contribution in [3.63, 3.8) is 0 Å². The Kier molecular flexibility index (Phi) is 5.80. The minimum atomic E-state index is 0.681. The molecule has 0 unspecified atom stereocenters. The highest BCUT2D eigenvalue weighted by molar-refractivity contribution is 5.60. The average Bonchev–Trinajstić information content (AvgIpc) is 3.06. The summed E-state index contributed by atoms with van der Waals surface area (Å²) in [6, 6.07) is 18.3. The molecular formula is C20H24N4O. The van der Waals surface area contributed by atoms with Gasteiger partial charge in [0.05, 0.1) is 13.7 Å². The third kappa shape index (κ3) is 4.45. The standard InChI is InChI=1S/C20H24N4O/c1-3-13-24-22-19(20(23-24)17-7-5-4-6-8-17)15-21-14-16-9-11-18(25-2)12-10-16/h4-12,21H,3,13-15H2,1-2H3. The number of hydrogen-bond donors (Lipinski definition) is 1. The molecule has 0 aliphatic heterocycles. The van der Waals surface area contributed by atoms with Crippen molar-refractivity contribution in [3.05, 3.63) is 65.9 Å². The van der Waals surface area contributed by atoms with E-state index in [0.717, 1.165) is 42.2 Å². The monoisotopic (exact) mass is 336 g/mol. The fourth-order valence-electron chi connectivity index (χ4n) is 2.69. The number of ether oxygens (including phenoxy) is 1. The van der Waals surface area contributed by atoms with Gasteiger partial charge in [0.25, 0.3) is 0 Å². The van der Waals surface area contributed by atoms with Gasteiger partial charge in [0.1, 0.15) is 17.1 Å². The van der Waals surface area contributed by atoms with Gasteiger partial charge in [-0.3, -0.25) is 0 Å². The Morgan fingerprint density at radius 1 is 0.960 bits per heavy atom. The van der Waals surface area contributed by atoms with Gasteiger partial charge in [-0.2, -0.15) is 15.0 Å². The summed E-state index contributed by atoms with van der Waals surface area (Å²) in [6.07, 6.45) is 1.02. The van der Waals surface area contributed by atoms with E-state index in [1.807, 2.05) is 30.3 Å². The Bertz CT molecular complexity index is 781. The van der Waals surface area contributed by atoms with Crippen LogP contribution in [0.15, 0.2) is 54.6 Å². The molecule has 0 aliphatic carbocycles. The number of hydrogen-bond acceptors (Lipinski definition) is 4. The lowest BCUT2D eigenvalue weighted by atomic mass is 10.1. The SMILES string of the molecule is CCCn1nc(CNCc2ccc(OC)cc2)c(-c2ccccc2)n1. The summed E-state index contributed by atoms with van der Waals surface area (Å²) in [5, 5.41) is 12.8. The molecule has 1 aromatic heterocycles. The first-order valence-electron chi connectivity index (χ1n) is 8.63. The van der Waals surface area contributed by atoms with Gasteiger partial charge in [-0.05, 0) is 24.1 Å². The predicted octanol–water partition coefficient (Wildman–Crippen LogP) is 3.65. The van der Waals surface area contributed by atoms with Crippen LogP contribution in [0.5, 0.6) is 5.75 Å². The van der Waals surface area contributed by atoms with Crippen molar-refractivity contribution in [2.75, 3.05) is 7.11 Å². The van der Waals surface area contributed by atoms with E-state index in [0.29, 0.717) is 6.54 Å². The van der Waals surface area contributed by atoms with Crippen LogP contribution in [-0.4, -0.2) is 22.1 Å². The first kappa shape index (κ1) is 17.2. The lowest BCUT2D eigenvalue weighted by molar-refractivity contribution is 0.414. The van der Waals surface area contributed by atoms with Crippen molar-refractivity contribution in [1.82, 2.24) is 20.3 Å². The van der Waals surface area contributed by atoms with Gasteiger partial charge in [0, 0.05) is 18.7 Å². The van der Waals surface area contributed by atoms with E-state index in [4.69, 9.17) is 4.74 Å². The van der Waals surface area contributed by atoms with Crippen molar-refractivity contribution >= 4 is 0 Å². The summed E-state index contributed by atoms with van der Waals surface area (Å²) in [5.74, 6) is 0.873. The Balaban J connectivity index is 1.70. The second-order valence-electron chi connectivity index (χ2n) is 5.91. The molecule has 0 atom stereocenters. The van der Waals surface area contributed by atoms with Gasteiger partial charge >= 0.3 is 0 Å². The van der Waals surface area contributed by atoms with Crippen LogP contribution in [0, 0.1) is 0 Å². The third-order valence-electron chi connectivity index (χ3n) is 3.98. The van der Waals surface area contributed by atoms with Crippen LogP contribution in [0.4, 0.5) is 0 Å². The molecule has 5 heteroatoms. The number of rotatable bonds is 8. The zero-order valence-electron chi connectivity index (χ0n) is 14.8. The second kappa shape index (κ2) is 8.44. The summed E-state index contributed by atoms with van der Waals surface area (Å²) < 4.78 is 5.19. The minimum Gasteiger partial charge on any atom is -0.497 e. The average molecular weight is 336 g/mol. The first-order chi connectivity index (χ1) is 12.3. The number of aromatic nitrogens is 3. The predicted molar refractivity (Wildman–Crippen MR) is 99.3 cm³/mol. The highest BCUT2D eigenvalue weighted by Crippen LogP contribution is 2.20. The molecule has 5 nitrogen and oxygen atoms in total. The molecule has 25 heavy (non-hydrogen) atoms. The quantitative estimate of drug-likeness (QED) is 0.682. The number of aryl methyl sites for hydroxylation is 1. The molecule has 0 saturated heterocycles. The van der Waals surface area contributed by atoms with Gasteiger partial charge in [-0.1, -0.05) is 49.4 Å². The minimum absolute atomic E-state index is 0.681. The molecule has 0 saturated carbocycles. The molecule has 0 radical (unpaired) electrons. The van der Waals surface area contributed by atoms with Crippen LogP contribution >= 0.6 is 0 Å². The Morgan fingerprint density at radius 2 is 1.72 bits per heavy atom. The van der Waals surface area contributed by atoms with E-state index in [1.165, 1.54) is 5.56 Å². The van der Waals surface area contributed by atoms with Gasteiger partial charge in [-0.25, -0.2) is 0 Å². The van der Waals surface area contributed by atoms with Crippen LogP contribution in [0.2, 0.25) is 0 Å². The van der Waals surface area contributed by atoms with Crippen LogP contribution in [-0.2, 0) is 19.6 Å². The smallest absolute Gasteiger partial charge is 0.118 e. The zero-order chi connectivity index (χ0) is 17.5. The highest BCUT2D eigenvalue weighted by Gasteiger charge is 2.12.